The van der Waals surface area contributed by atoms with Crippen LogP contribution >= 0.6 is 0 Å². The minimum atomic E-state index is 0.391. The molecular weight excluding hydrogens is 184 g/mol. The van der Waals surface area contributed by atoms with Gasteiger partial charge in [0.05, 0.1) is 6.54 Å². The van der Waals surface area contributed by atoms with Crippen LogP contribution in [0.4, 0.5) is 0 Å². The summed E-state index contributed by atoms with van der Waals surface area (Å²) in [6, 6.07) is 8.53. The maximum Gasteiger partial charge on any atom is 0.101 e. The van der Waals surface area contributed by atoms with Crippen LogP contribution in [0.15, 0.2) is 29.3 Å². The SMILES string of the molecule is [C]1c2ccccc2CCC1C1=NCCN1. The first-order valence-electron chi connectivity index (χ1n) is 5.56. The smallest absolute Gasteiger partial charge is 0.101 e. The molecule has 76 valence electrons. The number of nitrogens with zero attached hydrogens (tertiary/aromatic N) is 1. The van der Waals surface area contributed by atoms with Gasteiger partial charge in [-0.25, -0.2) is 0 Å². The van der Waals surface area contributed by atoms with Gasteiger partial charge in [-0.15, -0.1) is 0 Å². The third-order valence-corrected chi connectivity index (χ3v) is 3.08. The first-order valence-corrected chi connectivity index (χ1v) is 5.56. The Kier molecular flexibility index (Phi) is 2.20. The first kappa shape index (κ1) is 8.96. The molecule has 1 aliphatic carbocycles. The Bertz CT molecular complexity index is 395. The highest BCUT2D eigenvalue weighted by molar-refractivity contribution is 5.87. The summed E-state index contributed by atoms with van der Waals surface area (Å²) in [7, 11) is 0. The number of benzene rings is 1. The van der Waals surface area contributed by atoms with Gasteiger partial charge in [-0.1, -0.05) is 24.3 Å². The van der Waals surface area contributed by atoms with E-state index in [0.29, 0.717) is 5.92 Å². The van der Waals surface area contributed by atoms with E-state index >= 15 is 0 Å². The van der Waals surface area contributed by atoms with Crippen molar-refractivity contribution in [2.45, 2.75) is 12.8 Å². The van der Waals surface area contributed by atoms with E-state index in [2.05, 4.69) is 41.0 Å². The predicted molar refractivity (Wildman–Crippen MR) is 60.9 cm³/mol. The van der Waals surface area contributed by atoms with E-state index in [1.165, 1.54) is 11.1 Å². The summed E-state index contributed by atoms with van der Waals surface area (Å²) in [6.07, 6.45) is 5.83. The van der Waals surface area contributed by atoms with Gasteiger partial charge in [0.25, 0.3) is 0 Å². The highest BCUT2D eigenvalue weighted by Gasteiger charge is 2.24. The lowest BCUT2D eigenvalue weighted by Crippen LogP contribution is -2.30. The molecule has 1 aromatic rings. The molecule has 3 rings (SSSR count). The Balaban J connectivity index is 1.82. The number of aryl methyl sites for hydroxylation is 1. The van der Waals surface area contributed by atoms with E-state index in [1.54, 1.807) is 0 Å². The second-order valence-corrected chi connectivity index (χ2v) is 4.09. The maximum atomic E-state index is 4.48. The van der Waals surface area contributed by atoms with E-state index in [-0.39, 0.29) is 0 Å². The molecule has 0 amide bonds. The zero-order valence-corrected chi connectivity index (χ0v) is 8.66. The number of fused-ring (bicyclic) bond motifs is 1. The Morgan fingerprint density at radius 3 is 3.13 bits per heavy atom. The average molecular weight is 198 g/mol. The third-order valence-electron chi connectivity index (χ3n) is 3.08. The van der Waals surface area contributed by atoms with Gasteiger partial charge in [0.1, 0.15) is 5.84 Å². The van der Waals surface area contributed by atoms with Crippen LogP contribution < -0.4 is 5.32 Å². The Hall–Kier alpha value is -1.31. The number of hydrogen-bond donors (Lipinski definition) is 1. The molecule has 1 aromatic carbocycles. The fourth-order valence-corrected chi connectivity index (χ4v) is 2.29. The van der Waals surface area contributed by atoms with Crippen LogP contribution in [-0.4, -0.2) is 18.9 Å². The molecule has 0 spiro atoms. The zero-order valence-electron chi connectivity index (χ0n) is 8.66. The van der Waals surface area contributed by atoms with Gasteiger partial charge in [-0.05, 0) is 24.0 Å². The summed E-state index contributed by atoms with van der Waals surface area (Å²) in [5.74, 6) is 1.53. The van der Waals surface area contributed by atoms with Gasteiger partial charge in [-0.2, -0.15) is 0 Å². The Labute approximate surface area is 90.4 Å². The number of rotatable bonds is 1. The lowest BCUT2D eigenvalue weighted by molar-refractivity contribution is 0.662. The van der Waals surface area contributed by atoms with Crippen molar-refractivity contribution in [2.24, 2.45) is 10.9 Å². The van der Waals surface area contributed by atoms with Gasteiger partial charge >= 0.3 is 0 Å². The molecule has 1 atom stereocenters. The lowest BCUT2D eigenvalue weighted by atomic mass is 9.83. The first-order chi connectivity index (χ1) is 7.43. The van der Waals surface area contributed by atoms with Crippen LogP contribution in [-0.2, 0) is 6.42 Å². The fourth-order valence-electron chi connectivity index (χ4n) is 2.29. The standard InChI is InChI=1S/C13H14N2/c1-2-4-11-9-12(6-5-10(11)3-1)13-14-7-8-15-13/h1-4,12H,5-8H2,(H,14,15). The molecule has 0 saturated heterocycles. The Morgan fingerprint density at radius 1 is 1.33 bits per heavy atom. The molecular formula is C13H14N2. The van der Waals surface area contributed by atoms with E-state index in [9.17, 15) is 0 Å². The highest BCUT2D eigenvalue weighted by Crippen LogP contribution is 2.27. The highest BCUT2D eigenvalue weighted by atomic mass is 15.1. The van der Waals surface area contributed by atoms with Crippen molar-refractivity contribution < 1.29 is 0 Å². The van der Waals surface area contributed by atoms with E-state index in [1.807, 2.05) is 0 Å². The van der Waals surface area contributed by atoms with Crippen LogP contribution in [0.1, 0.15) is 17.5 Å². The van der Waals surface area contributed by atoms with E-state index in [0.717, 1.165) is 31.8 Å². The monoisotopic (exact) mass is 198 g/mol. The van der Waals surface area contributed by atoms with Gasteiger partial charge in [0, 0.05) is 18.9 Å². The number of amidine groups is 1. The predicted octanol–water partition coefficient (Wildman–Crippen LogP) is 1.68. The van der Waals surface area contributed by atoms with Gasteiger partial charge in [-0.3, -0.25) is 4.99 Å². The van der Waals surface area contributed by atoms with Crippen molar-refractivity contribution in [2.75, 3.05) is 13.1 Å². The molecule has 0 aromatic heterocycles. The molecule has 0 fully saturated rings. The second-order valence-electron chi connectivity index (χ2n) is 4.09. The van der Waals surface area contributed by atoms with Crippen molar-refractivity contribution >= 4 is 5.84 Å². The normalized spacial score (nSPS) is 24.3. The number of nitrogens with one attached hydrogen (secondary N) is 1. The largest absolute Gasteiger partial charge is 0.372 e. The molecule has 15 heavy (non-hydrogen) atoms. The molecule has 1 unspecified atom stereocenters. The summed E-state index contributed by atoms with van der Waals surface area (Å²) < 4.78 is 0. The molecule has 1 heterocycles. The minimum absolute atomic E-state index is 0.391. The molecule has 2 aliphatic rings. The molecule has 0 saturated carbocycles. The van der Waals surface area contributed by atoms with Crippen LogP contribution in [0.2, 0.25) is 0 Å². The minimum Gasteiger partial charge on any atom is -0.372 e. The van der Waals surface area contributed by atoms with Crippen molar-refractivity contribution in [1.29, 1.82) is 0 Å². The summed E-state index contributed by atoms with van der Waals surface area (Å²) >= 11 is 0. The molecule has 2 radical (unpaired) electrons. The van der Waals surface area contributed by atoms with E-state index in [4.69, 9.17) is 0 Å². The topological polar surface area (TPSA) is 24.4 Å². The zero-order chi connectivity index (χ0) is 10.1. The second kappa shape index (κ2) is 3.69. The summed E-state index contributed by atoms with van der Waals surface area (Å²) in [4.78, 5) is 4.48. The van der Waals surface area contributed by atoms with Gasteiger partial charge in [0.15, 0.2) is 0 Å². The molecule has 1 aliphatic heterocycles. The van der Waals surface area contributed by atoms with Gasteiger partial charge in [0.2, 0.25) is 0 Å². The summed E-state index contributed by atoms with van der Waals surface area (Å²) in [6.45, 7) is 1.92. The Morgan fingerprint density at radius 2 is 2.27 bits per heavy atom. The average Bonchev–Trinajstić information content (AvgIpc) is 2.82. The van der Waals surface area contributed by atoms with E-state index < -0.39 is 0 Å². The molecule has 1 N–H and O–H groups in total. The van der Waals surface area contributed by atoms with Crippen molar-refractivity contribution in [3.05, 3.63) is 41.8 Å². The van der Waals surface area contributed by atoms with Crippen LogP contribution in [0.3, 0.4) is 0 Å². The van der Waals surface area contributed by atoms with Crippen molar-refractivity contribution in [3.63, 3.8) is 0 Å². The third kappa shape index (κ3) is 1.65. The lowest BCUT2D eigenvalue weighted by Gasteiger charge is -2.23. The quantitative estimate of drug-likeness (QED) is 0.729. The summed E-state index contributed by atoms with van der Waals surface area (Å²) in [5, 5.41) is 3.34. The molecule has 2 heteroatoms. The fraction of sp³-hybridized carbons (Fsp3) is 0.385. The molecule has 2 nitrogen and oxygen atoms in total. The molecule has 0 bridgehead atoms. The van der Waals surface area contributed by atoms with Crippen LogP contribution in [0.25, 0.3) is 0 Å². The number of aliphatic imine (C=N–C) groups is 1. The summed E-state index contributed by atoms with van der Waals surface area (Å²) in [5.41, 5.74) is 2.69. The van der Waals surface area contributed by atoms with Crippen molar-refractivity contribution in [1.82, 2.24) is 5.32 Å². The van der Waals surface area contributed by atoms with Crippen LogP contribution in [0, 0.1) is 12.3 Å². The van der Waals surface area contributed by atoms with Crippen molar-refractivity contribution in [3.8, 4) is 0 Å². The van der Waals surface area contributed by atoms with Gasteiger partial charge < -0.3 is 5.32 Å². The number of hydrogen-bond acceptors (Lipinski definition) is 2. The maximum absolute atomic E-state index is 4.48. The van der Waals surface area contributed by atoms with Crippen LogP contribution in [0.5, 0.6) is 0 Å².